The molecule has 0 spiro atoms. The van der Waals surface area contributed by atoms with Crippen LogP contribution in [0.4, 0.5) is 0 Å². The molecule has 0 saturated carbocycles. The summed E-state index contributed by atoms with van der Waals surface area (Å²) in [6, 6.07) is 6.79. The molecular formula is C18H30N4O4S. The number of ether oxygens (including phenoxy) is 1. The van der Waals surface area contributed by atoms with Crippen LogP contribution in [-0.2, 0) is 21.3 Å². The van der Waals surface area contributed by atoms with E-state index >= 15 is 0 Å². The highest BCUT2D eigenvalue weighted by Gasteiger charge is 2.19. The third kappa shape index (κ3) is 6.76. The van der Waals surface area contributed by atoms with Gasteiger partial charge in [-0.15, -0.1) is 0 Å². The lowest BCUT2D eigenvalue weighted by Crippen LogP contribution is -2.46. The van der Waals surface area contributed by atoms with E-state index < -0.39 is 10.0 Å². The second-order valence-corrected chi connectivity index (χ2v) is 8.19. The molecule has 27 heavy (non-hydrogen) atoms. The van der Waals surface area contributed by atoms with E-state index in [-0.39, 0.29) is 17.5 Å². The monoisotopic (exact) mass is 398 g/mol. The second-order valence-electron chi connectivity index (χ2n) is 6.43. The molecule has 0 bridgehead atoms. The highest BCUT2D eigenvalue weighted by Crippen LogP contribution is 2.14. The maximum Gasteiger partial charge on any atom is 0.240 e. The summed E-state index contributed by atoms with van der Waals surface area (Å²) in [5.41, 5.74) is 0.817. The number of methoxy groups -OCH3 is 1. The van der Waals surface area contributed by atoms with Crippen molar-refractivity contribution in [1.82, 2.24) is 14.9 Å². The molecule has 0 aliphatic carbocycles. The van der Waals surface area contributed by atoms with Gasteiger partial charge in [0.05, 0.1) is 24.2 Å². The molecule has 1 aromatic carbocycles. The number of nitrogens with zero attached hydrogens (tertiary/aromatic N) is 2. The number of hydrogen-bond acceptors (Lipinski definition) is 5. The number of guanidine groups is 1. The zero-order valence-corrected chi connectivity index (χ0v) is 16.8. The summed E-state index contributed by atoms with van der Waals surface area (Å²) in [6.07, 6.45) is 1.22. The van der Waals surface area contributed by atoms with Crippen LogP contribution in [0.3, 0.4) is 0 Å². The first kappa shape index (κ1) is 21.6. The van der Waals surface area contributed by atoms with Crippen molar-refractivity contribution < 1.29 is 18.3 Å². The minimum absolute atomic E-state index is 0.220. The summed E-state index contributed by atoms with van der Waals surface area (Å²) in [5.74, 6) is 0.788. The van der Waals surface area contributed by atoms with E-state index in [9.17, 15) is 13.5 Å². The molecule has 1 heterocycles. The third-order valence-electron chi connectivity index (χ3n) is 4.32. The van der Waals surface area contributed by atoms with Crippen molar-refractivity contribution in [2.75, 3.05) is 39.9 Å². The van der Waals surface area contributed by atoms with Crippen LogP contribution in [0.25, 0.3) is 0 Å². The van der Waals surface area contributed by atoms with Crippen LogP contribution >= 0.6 is 0 Å². The smallest absolute Gasteiger partial charge is 0.240 e. The van der Waals surface area contributed by atoms with Crippen LogP contribution in [0.1, 0.15) is 25.3 Å². The molecule has 1 aliphatic rings. The molecule has 152 valence electrons. The van der Waals surface area contributed by atoms with E-state index in [4.69, 9.17) is 4.74 Å². The lowest BCUT2D eigenvalue weighted by atomic mass is 10.1. The lowest BCUT2D eigenvalue weighted by Gasteiger charge is -2.32. The zero-order chi connectivity index (χ0) is 19.7. The Bertz CT molecular complexity index is 716. The van der Waals surface area contributed by atoms with E-state index in [1.54, 1.807) is 18.2 Å². The van der Waals surface area contributed by atoms with Gasteiger partial charge in [-0.05, 0) is 37.5 Å². The highest BCUT2D eigenvalue weighted by atomic mass is 32.2. The molecular weight excluding hydrogens is 368 g/mol. The number of aliphatic imine (C=N–C) groups is 1. The van der Waals surface area contributed by atoms with E-state index in [0.717, 1.165) is 44.0 Å². The Balaban J connectivity index is 2.07. The van der Waals surface area contributed by atoms with Crippen LogP contribution in [0.5, 0.6) is 0 Å². The van der Waals surface area contributed by atoms with Gasteiger partial charge in [0, 0.05) is 33.3 Å². The lowest BCUT2D eigenvalue weighted by molar-refractivity contribution is 0.108. The Morgan fingerprint density at radius 2 is 2.11 bits per heavy atom. The Labute approximate surface area is 161 Å². The fourth-order valence-electron chi connectivity index (χ4n) is 2.84. The molecule has 1 aromatic rings. The predicted octanol–water partition coefficient (Wildman–Crippen LogP) is 0.534. The quantitative estimate of drug-likeness (QED) is 0.335. The Morgan fingerprint density at radius 3 is 2.78 bits per heavy atom. The van der Waals surface area contributed by atoms with Gasteiger partial charge in [-0.3, -0.25) is 0 Å². The largest absolute Gasteiger partial charge is 0.393 e. The molecule has 0 aromatic heterocycles. The predicted molar refractivity (Wildman–Crippen MR) is 105 cm³/mol. The van der Waals surface area contributed by atoms with Gasteiger partial charge in [-0.1, -0.05) is 12.1 Å². The molecule has 9 heteroatoms. The van der Waals surface area contributed by atoms with Crippen LogP contribution in [0.15, 0.2) is 34.2 Å². The van der Waals surface area contributed by atoms with Crippen molar-refractivity contribution in [2.24, 2.45) is 4.99 Å². The minimum Gasteiger partial charge on any atom is -0.393 e. The highest BCUT2D eigenvalue weighted by molar-refractivity contribution is 7.89. The molecule has 1 aliphatic heterocycles. The summed E-state index contributed by atoms with van der Waals surface area (Å²) >= 11 is 0. The fraction of sp³-hybridized carbons (Fsp3) is 0.611. The third-order valence-corrected chi connectivity index (χ3v) is 5.78. The number of likely N-dealkylation sites (tertiary alicyclic amines) is 1. The van der Waals surface area contributed by atoms with Gasteiger partial charge < -0.3 is 20.1 Å². The molecule has 0 radical (unpaired) electrons. The Hall–Kier alpha value is -1.68. The van der Waals surface area contributed by atoms with E-state index in [2.05, 4.69) is 19.9 Å². The van der Waals surface area contributed by atoms with Crippen molar-refractivity contribution in [3.8, 4) is 0 Å². The van der Waals surface area contributed by atoms with Gasteiger partial charge in [-0.25, -0.2) is 18.1 Å². The van der Waals surface area contributed by atoms with Crippen LogP contribution in [0, 0.1) is 0 Å². The molecule has 0 atom stereocenters. The van der Waals surface area contributed by atoms with Crippen molar-refractivity contribution in [3.05, 3.63) is 29.8 Å². The van der Waals surface area contributed by atoms with Gasteiger partial charge in [0.2, 0.25) is 10.0 Å². The summed E-state index contributed by atoms with van der Waals surface area (Å²) in [6.45, 7) is 5.19. The number of sulfonamides is 1. The van der Waals surface area contributed by atoms with E-state index in [1.807, 2.05) is 13.0 Å². The number of piperidine rings is 1. The molecule has 2 rings (SSSR count). The summed E-state index contributed by atoms with van der Waals surface area (Å²) in [7, 11) is -2.04. The Kier molecular flexibility index (Phi) is 8.49. The molecule has 1 fully saturated rings. The first-order chi connectivity index (χ1) is 13.0. The summed E-state index contributed by atoms with van der Waals surface area (Å²) < 4.78 is 32.1. The van der Waals surface area contributed by atoms with Crippen molar-refractivity contribution in [2.45, 2.75) is 37.3 Å². The summed E-state index contributed by atoms with van der Waals surface area (Å²) in [5, 5.41) is 12.9. The molecule has 8 nitrogen and oxygen atoms in total. The van der Waals surface area contributed by atoms with Crippen LogP contribution < -0.4 is 10.0 Å². The first-order valence-corrected chi connectivity index (χ1v) is 10.7. The number of aliphatic hydroxyl groups excluding tert-OH is 1. The fourth-order valence-corrected chi connectivity index (χ4v) is 3.93. The number of benzene rings is 1. The van der Waals surface area contributed by atoms with Crippen molar-refractivity contribution >= 4 is 16.0 Å². The Morgan fingerprint density at radius 1 is 1.37 bits per heavy atom. The SMILES string of the molecule is CCNC(=NCc1cccc(S(=O)(=O)NCCOC)c1)N1CCC(O)CC1. The van der Waals surface area contributed by atoms with E-state index in [0.29, 0.717) is 13.2 Å². The average molecular weight is 399 g/mol. The zero-order valence-electron chi connectivity index (χ0n) is 16.0. The van der Waals surface area contributed by atoms with Crippen LogP contribution in [-0.4, -0.2) is 70.4 Å². The molecule has 3 N–H and O–H groups in total. The van der Waals surface area contributed by atoms with E-state index in [1.165, 1.54) is 7.11 Å². The molecule has 1 saturated heterocycles. The average Bonchev–Trinajstić information content (AvgIpc) is 2.66. The first-order valence-electron chi connectivity index (χ1n) is 9.25. The van der Waals surface area contributed by atoms with Gasteiger partial charge in [-0.2, -0.15) is 0 Å². The van der Waals surface area contributed by atoms with Gasteiger partial charge >= 0.3 is 0 Å². The van der Waals surface area contributed by atoms with Crippen molar-refractivity contribution in [3.63, 3.8) is 0 Å². The maximum absolute atomic E-state index is 12.3. The molecule has 0 amide bonds. The summed E-state index contributed by atoms with van der Waals surface area (Å²) in [4.78, 5) is 6.99. The van der Waals surface area contributed by atoms with Gasteiger partial charge in [0.1, 0.15) is 0 Å². The van der Waals surface area contributed by atoms with Gasteiger partial charge in [0.15, 0.2) is 5.96 Å². The maximum atomic E-state index is 12.3. The topological polar surface area (TPSA) is 103 Å². The van der Waals surface area contributed by atoms with Gasteiger partial charge in [0.25, 0.3) is 0 Å². The number of rotatable bonds is 8. The van der Waals surface area contributed by atoms with Crippen LogP contribution in [0.2, 0.25) is 0 Å². The second kappa shape index (κ2) is 10.6. The number of nitrogens with one attached hydrogen (secondary N) is 2. The van der Waals surface area contributed by atoms with Crippen molar-refractivity contribution in [1.29, 1.82) is 0 Å². The molecule has 0 unspecified atom stereocenters. The normalized spacial score (nSPS) is 16.6. The number of hydrogen-bond donors (Lipinski definition) is 3. The number of aliphatic hydroxyl groups is 1. The minimum atomic E-state index is -3.56. The standard InChI is InChI=1S/C18H30N4O4S/c1-3-19-18(22-10-7-16(23)8-11-22)20-14-15-5-4-6-17(13-15)27(24,25)21-9-12-26-2/h4-6,13,16,21,23H,3,7-12,14H2,1-2H3,(H,19,20).